The van der Waals surface area contributed by atoms with Crippen molar-refractivity contribution < 1.29 is 17.6 Å². The molecule has 1 aliphatic carbocycles. The second-order valence-electron chi connectivity index (χ2n) is 4.57. The largest absolute Gasteiger partial charge is 0.455 e. The Labute approximate surface area is 110 Å². The zero-order valence-electron chi connectivity index (χ0n) is 10.1. The zero-order valence-corrected chi connectivity index (χ0v) is 11.6. The normalized spacial score (nSPS) is 17.5. The number of carbonyl (C=O) groups excluding carboxylic acids is 1. The van der Waals surface area contributed by atoms with Crippen LogP contribution in [0.25, 0.3) is 0 Å². The van der Waals surface area contributed by atoms with Gasteiger partial charge in [0.1, 0.15) is 10.7 Å². The van der Waals surface area contributed by atoms with Crippen LogP contribution in [0.1, 0.15) is 36.1 Å². The van der Waals surface area contributed by atoms with Crippen LogP contribution in [0.3, 0.4) is 0 Å². The SMILES string of the molecule is Cc1oc(C(=O)NC(C)C2CC2)cc1S(=O)(=O)Cl. The lowest BCUT2D eigenvalue weighted by Gasteiger charge is -2.10. The van der Waals surface area contributed by atoms with Crippen molar-refractivity contribution in [1.82, 2.24) is 5.32 Å². The van der Waals surface area contributed by atoms with E-state index in [1.165, 1.54) is 6.92 Å². The summed E-state index contributed by atoms with van der Waals surface area (Å²) in [4.78, 5) is 11.7. The Balaban J connectivity index is 2.16. The third-order valence-corrected chi connectivity index (χ3v) is 4.48. The molecule has 1 aromatic heterocycles. The lowest BCUT2D eigenvalue weighted by atomic mass is 10.2. The molecule has 1 amide bonds. The second-order valence-corrected chi connectivity index (χ2v) is 7.10. The molecule has 2 rings (SSSR count). The van der Waals surface area contributed by atoms with Crippen LogP contribution >= 0.6 is 10.7 Å². The zero-order chi connectivity index (χ0) is 13.5. The van der Waals surface area contributed by atoms with Gasteiger partial charge in [-0.15, -0.1) is 0 Å². The van der Waals surface area contributed by atoms with Gasteiger partial charge in [0.25, 0.3) is 15.0 Å². The Bertz CT molecular complexity index is 574. The van der Waals surface area contributed by atoms with Crippen molar-refractivity contribution >= 4 is 25.6 Å². The Hall–Kier alpha value is -1.01. The molecule has 0 radical (unpaired) electrons. The Morgan fingerprint density at radius 1 is 1.56 bits per heavy atom. The number of hydrogen-bond donors (Lipinski definition) is 1. The van der Waals surface area contributed by atoms with E-state index in [1.54, 1.807) is 0 Å². The van der Waals surface area contributed by atoms with E-state index < -0.39 is 15.0 Å². The van der Waals surface area contributed by atoms with Crippen LogP contribution in [-0.2, 0) is 9.05 Å². The molecule has 0 aromatic carbocycles. The van der Waals surface area contributed by atoms with Gasteiger partial charge in [0, 0.05) is 22.8 Å². The maximum absolute atomic E-state index is 11.8. The van der Waals surface area contributed by atoms with Gasteiger partial charge in [0.2, 0.25) is 0 Å². The van der Waals surface area contributed by atoms with Gasteiger partial charge in [-0.1, -0.05) is 0 Å². The van der Waals surface area contributed by atoms with Gasteiger partial charge in [0.15, 0.2) is 5.76 Å². The first kappa shape index (κ1) is 13.4. The van der Waals surface area contributed by atoms with Gasteiger partial charge in [0.05, 0.1) is 0 Å². The van der Waals surface area contributed by atoms with Crippen molar-refractivity contribution in [3.8, 4) is 0 Å². The van der Waals surface area contributed by atoms with E-state index in [4.69, 9.17) is 15.1 Å². The molecule has 1 atom stereocenters. The summed E-state index contributed by atoms with van der Waals surface area (Å²) >= 11 is 0. The van der Waals surface area contributed by atoms with Crippen molar-refractivity contribution in [3.63, 3.8) is 0 Å². The quantitative estimate of drug-likeness (QED) is 0.861. The molecule has 0 aliphatic heterocycles. The summed E-state index contributed by atoms with van der Waals surface area (Å²) in [5, 5.41) is 2.78. The van der Waals surface area contributed by atoms with Crippen molar-refractivity contribution in [2.24, 2.45) is 5.92 Å². The standard InChI is InChI=1S/C11H14ClNO4S/c1-6(8-3-4-8)13-11(14)9-5-10(7(2)17-9)18(12,15)16/h5-6,8H,3-4H2,1-2H3,(H,13,14). The summed E-state index contributed by atoms with van der Waals surface area (Å²) in [6.07, 6.45) is 2.22. The van der Waals surface area contributed by atoms with Gasteiger partial charge < -0.3 is 9.73 Å². The fourth-order valence-electron chi connectivity index (χ4n) is 1.81. The minimum absolute atomic E-state index is 0.0285. The summed E-state index contributed by atoms with van der Waals surface area (Å²) in [5.74, 6) is 0.193. The first-order valence-corrected chi connectivity index (χ1v) is 7.96. The molecule has 1 heterocycles. The Morgan fingerprint density at radius 3 is 2.61 bits per heavy atom. The number of amides is 1. The van der Waals surface area contributed by atoms with Gasteiger partial charge >= 0.3 is 0 Å². The fraction of sp³-hybridized carbons (Fsp3) is 0.545. The van der Waals surface area contributed by atoms with Crippen molar-refractivity contribution in [2.75, 3.05) is 0 Å². The molecule has 1 unspecified atom stereocenters. The molecular weight excluding hydrogens is 278 g/mol. The summed E-state index contributed by atoms with van der Waals surface area (Å²) < 4.78 is 27.5. The minimum Gasteiger partial charge on any atom is -0.455 e. The average molecular weight is 292 g/mol. The molecule has 1 aliphatic rings. The highest BCUT2D eigenvalue weighted by Crippen LogP contribution is 2.32. The summed E-state index contributed by atoms with van der Waals surface area (Å²) in [6, 6.07) is 1.23. The molecule has 0 bridgehead atoms. The first-order chi connectivity index (χ1) is 8.29. The van der Waals surface area contributed by atoms with E-state index in [9.17, 15) is 13.2 Å². The van der Waals surface area contributed by atoms with Crippen LogP contribution in [0, 0.1) is 12.8 Å². The highest BCUT2D eigenvalue weighted by Gasteiger charge is 2.30. The Kier molecular flexibility index (Phi) is 3.42. The molecule has 100 valence electrons. The molecule has 7 heteroatoms. The van der Waals surface area contributed by atoms with Crippen LogP contribution in [0.2, 0.25) is 0 Å². The van der Waals surface area contributed by atoms with E-state index in [1.807, 2.05) is 6.92 Å². The number of halogens is 1. The predicted octanol–water partition coefficient (Wildman–Crippen LogP) is 2.04. The van der Waals surface area contributed by atoms with E-state index in [-0.39, 0.29) is 22.5 Å². The summed E-state index contributed by atoms with van der Waals surface area (Å²) in [6.45, 7) is 3.38. The number of carbonyl (C=O) groups is 1. The van der Waals surface area contributed by atoms with E-state index in [0.29, 0.717) is 5.92 Å². The molecular formula is C11H14ClNO4S. The molecule has 1 fully saturated rings. The van der Waals surface area contributed by atoms with Crippen LogP contribution in [0.4, 0.5) is 0 Å². The third kappa shape index (κ3) is 2.87. The number of nitrogens with one attached hydrogen (secondary N) is 1. The lowest BCUT2D eigenvalue weighted by Crippen LogP contribution is -2.33. The maximum Gasteiger partial charge on any atom is 0.287 e. The number of furan rings is 1. The van der Waals surface area contributed by atoms with Crippen molar-refractivity contribution in [3.05, 3.63) is 17.6 Å². The summed E-state index contributed by atoms with van der Waals surface area (Å²) in [7, 11) is 1.35. The molecule has 1 aromatic rings. The first-order valence-electron chi connectivity index (χ1n) is 5.65. The van der Waals surface area contributed by atoms with Gasteiger partial charge in [-0.25, -0.2) is 8.42 Å². The average Bonchev–Trinajstić information content (AvgIpc) is 3.00. The van der Waals surface area contributed by atoms with Crippen LogP contribution in [0.15, 0.2) is 15.4 Å². The fourth-order valence-corrected chi connectivity index (χ4v) is 2.90. The highest BCUT2D eigenvalue weighted by atomic mass is 35.7. The highest BCUT2D eigenvalue weighted by molar-refractivity contribution is 8.13. The number of rotatable bonds is 4. The smallest absolute Gasteiger partial charge is 0.287 e. The number of aryl methyl sites for hydroxylation is 1. The monoisotopic (exact) mass is 291 g/mol. The van der Waals surface area contributed by atoms with Crippen LogP contribution < -0.4 is 5.32 Å². The van der Waals surface area contributed by atoms with Crippen LogP contribution in [-0.4, -0.2) is 20.4 Å². The topological polar surface area (TPSA) is 76.4 Å². The molecule has 1 saturated carbocycles. The van der Waals surface area contributed by atoms with Gasteiger partial charge in [-0.2, -0.15) is 0 Å². The van der Waals surface area contributed by atoms with E-state index in [0.717, 1.165) is 18.9 Å². The van der Waals surface area contributed by atoms with Crippen LogP contribution in [0.5, 0.6) is 0 Å². The maximum atomic E-state index is 11.8. The predicted molar refractivity (Wildman–Crippen MR) is 66.1 cm³/mol. The van der Waals surface area contributed by atoms with E-state index >= 15 is 0 Å². The Morgan fingerprint density at radius 2 is 2.17 bits per heavy atom. The molecule has 0 spiro atoms. The molecule has 18 heavy (non-hydrogen) atoms. The lowest BCUT2D eigenvalue weighted by molar-refractivity contribution is 0.0906. The van der Waals surface area contributed by atoms with Crippen molar-refractivity contribution in [1.29, 1.82) is 0 Å². The van der Waals surface area contributed by atoms with E-state index in [2.05, 4.69) is 5.32 Å². The third-order valence-electron chi connectivity index (χ3n) is 3.05. The molecule has 1 N–H and O–H groups in total. The number of hydrogen-bond acceptors (Lipinski definition) is 4. The second kappa shape index (κ2) is 4.59. The minimum atomic E-state index is -3.88. The van der Waals surface area contributed by atoms with Gasteiger partial charge in [-0.05, 0) is 32.6 Å². The molecule has 0 saturated heterocycles. The summed E-state index contributed by atoms with van der Waals surface area (Å²) in [5.41, 5.74) is 0. The van der Waals surface area contributed by atoms with Crippen molar-refractivity contribution in [2.45, 2.75) is 37.6 Å². The molecule has 5 nitrogen and oxygen atoms in total. The van der Waals surface area contributed by atoms with Gasteiger partial charge in [-0.3, -0.25) is 4.79 Å².